The molecule has 0 saturated carbocycles. The van der Waals surface area contributed by atoms with Gasteiger partial charge in [-0.2, -0.15) is 17.9 Å². The lowest BCUT2D eigenvalue weighted by Gasteiger charge is -2.15. The number of carbonyl (C=O) groups is 1. The van der Waals surface area contributed by atoms with Crippen LogP contribution >= 0.6 is 11.6 Å². The van der Waals surface area contributed by atoms with Gasteiger partial charge in [0.05, 0.1) is 20.8 Å². The number of hydrogen-bond acceptors (Lipinski definition) is 9. The topological polar surface area (TPSA) is 139 Å². The zero-order chi connectivity index (χ0) is 27.6. The first-order valence-electron chi connectivity index (χ1n) is 10.8. The number of aliphatic hydroxyl groups is 1. The number of hydrogen-bond donors (Lipinski definition) is 1. The molecule has 1 atom stereocenters. The van der Waals surface area contributed by atoms with Gasteiger partial charge < -0.3 is 14.6 Å². The first-order valence-corrected chi connectivity index (χ1v) is 11.1. The lowest BCUT2D eigenvalue weighted by Crippen LogP contribution is -2.37. The van der Waals surface area contributed by atoms with Gasteiger partial charge in [-0.3, -0.25) is 4.57 Å². The monoisotopic (exact) mass is 553 g/mol. The highest BCUT2D eigenvalue weighted by Gasteiger charge is 2.39. The maximum absolute atomic E-state index is 13.1. The molecule has 0 bridgehead atoms. The highest BCUT2D eigenvalue weighted by molar-refractivity contribution is 6.30. The first-order chi connectivity index (χ1) is 18.0. The van der Waals surface area contributed by atoms with Crippen LogP contribution in [0.25, 0.3) is 17.2 Å². The molecule has 0 radical (unpaired) electrons. The van der Waals surface area contributed by atoms with Gasteiger partial charge in [-0.15, -0.1) is 10.2 Å². The van der Waals surface area contributed by atoms with E-state index in [4.69, 9.17) is 21.1 Å². The van der Waals surface area contributed by atoms with Crippen LogP contribution in [0, 0.1) is 0 Å². The number of halogens is 4. The molecule has 0 aliphatic rings. The van der Waals surface area contributed by atoms with Crippen molar-refractivity contribution in [1.29, 1.82) is 0 Å². The maximum atomic E-state index is 13.1. The number of methoxy groups -OCH3 is 2. The van der Waals surface area contributed by atoms with Gasteiger partial charge in [0.25, 0.3) is 0 Å². The third-order valence-electron chi connectivity index (χ3n) is 5.24. The van der Waals surface area contributed by atoms with Crippen LogP contribution in [0.3, 0.4) is 0 Å². The van der Waals surface area contributed by atoms with Gasteiger partial charge in [0.15, 0.2) is 29.3 Å². The maximum Gasteiger partial charge on any atom is 0.416 e. The SMILES string of the molecule is COC(=O)c1nc(Cn2nc(-c3ccc(Cl)cc3)n(C[C@H](O)C(F)(F)F)c2=O)nn1-c1ncccc1OC. The third kappa shape index (κ3) is 5.38. The van der Waals surface area contributed by atoms with E-state index in [1.807, 2.05) is 0 Å². The number of esters is 1. The van der Waals surface area contributed by atoms with E-state index in [0.717, 1.165) is 16.5 Å². The number of carbonyl (C=O) groups excluding carboxylic acids is 1. The number of aliphatic hydroxyl groups excluding tert-OH is 1. The van der Waals surface area contributed by atoms with Gasteiger partial charge in [-0.1, -0.05) is 11.6 Å². The molecule has 16 heteroatoms. The number of alkyl halides is 3. The van der Waals surface area contributed by atoms with Crippen molar-refractivity contribution in [2.75, 3.05) is 14.2 Å². The second kappa shape index (κ2) is 10.6. The Hall–Kier alpha value is -4.24. The van der Waals surface area contributed by atoms with Gasteiger partial charge in [0.2, 0.25) is 5.82 Å². The predicted octanol–water partition coefficient (Wildman–Crippen LogP) is 2.11. The zero-order valence-electron chi connectivity index (χ0n) is 19.8. The number of pyridine rings is 1. The van der Waals surface area contributed by atoms with Crippen LogP contribution in [0.1, 0.15) is 16.4 Å². The minimum absolute atomic E-state index is 0.0992. The van der Waals surface area contributed by atoms with Crippen molar-refractivity contribution in [1.82, 2.24) is 34.1 Å². The molecule has 12 nitrogen and oxygen atoms in total. The summed E-state index contributed by atoms with van der Waals surface area (Å²) in [6, 6.07) is 9.02. The van der Waals surface area contributed by atoms with E-state index in [1.165, 1.54) is 37.6 Å². The van der Waals surface area contributed by atoms with Gasteiger partial charge in [-0.05, 0) is 36.4 Å². The van der Waals surface area contributed by atoms with E-state index in [2.05, 4.69) is 20.2 Å². The summed E-state index contributed by atoms with van der Waals surface area (Å²) in [5.41, 5.74) is -0.712. The van der Waals surface area contributed by atoms with Crippen LogP contribution in [-0.2, 0) is 17.8 Å². The Morgan fingerprint density at radius 2 is 1.87 bits per heavy atom. The first kappa shape index (κ1) is 26.8. The molecule has 38 heavy (non-hydrogen) atoms. The number of rotatable bonds is 8. The molecule has 0 amide bonds. The normalized spacial score (nSPS) is 12.4. The van der Waals surface area contributed by atoms with Gasteiger partial charge in [-0.25, -0.2) is 24.2 Å². The highest BCUT2D eigenvalue weighted by atomic mass is 35.5. The quantitative estimate of drug-likeness (QED) is 0.325. The summed E-state index contributed by atoms with van der Waals surface area (Å²) < 4.78 is 51.8. The summed E-state index contributed by atoms with van der Waals surface area (Å²) in [5.74, 6) is -1.08. The molecule has 0 fully saturated rings. The fourth-order valence-corrected chi connectivity index (χ4v) is 3.55. The van der Waals surface area contributed by atoms with Crippen LogP contribution < -0.4 is 10.4 Å². The van der Waals surface area contributed by atoms with E-state index >= 15 is 0 Å². The summed E-state index contributed by atoms with van der Waals surface area (Å²) in [4.78, 5) is 33.8. The largest absolute Gasteiger partial charge is 0.493 e. The summed E-state index contributed by atoms with van der Waals surface area (Å²) >= 11 is 5.90. The molecular formula is C22H19ClF3N7O5. The van der Waals surface area contributed by atoms with Crippen molar-refractivity contribution in [3.63, 3.8) is 0 Å². The fourth-order valence-electron chi connectivity index (χ4n) is 3.42. The average Bonchev–Trinajstić information content (AvgIpc) is 3.45. The number of nitrogens with zero attached hydrogens (tertiary/aromatic N) is 7. The van der Waals surface area contributed by atoms with E-state index < -0.39 is 37.0 Å². The molecule has 4 aromatic rings. The Bertz CT molecular complexity index is 1520. The number of benzene rings is 1. The molecule has 0 aliphatic heterocycles. The summed E-state index contributed by atoms with van der Waals surface area (Å²) in [5, 5.41) is 18.4. The Kier molecular flexibility index (Phi) is 7.50. The minimum atomic E-state index is -4.98. The standard InChI is InChI=1S/C22H19ClF3N7O5/c1-37-14-4-3-9-27-18(14)33-19(20(35)38-2)28-16(29-33)11-32-21(36)31(10-15(34)22(24,25)26)17(30-32)12-5-7-13(23)8-6-12/h3-9,15,34H,10-11H2,1-2H3/t15-/m0/s1. The average molecular weight is 554 g/mol. The second-order valence-corrected chi connectivity index (χ2v) is 8.16. The molecule has 200 valence electrons. The molecule has 1 N–H and O–H groups in total. The molecule has 0 spiro atoms. The lowest BCUT2D eigenvalue weighted by molar-refractivity contribution is -0.207. The Balaban J connectivity index is 1.80. The van der Waals surface area contributed by atoms with Crippen LogP contribution in [0.5, 0.6) is 5.75 Å². The molecular weight excluding hydrogens is 535 g/mol. The highest BCUT2D eigenvalue weighted by Crippen LogP contribution is 2.24. The number of ether oxygens (including phenoxy) is 2. The van der Waals surface area contributed by atoms with Gasteiger partial charge in [0.1, 0.15) is 6.54 Å². The lowest BCUT2D eigenvalue weighted by atomic mass is 10.2. The van der Waals surface area contributed by atoms with Crippen molar-refractivity contribution in [3.05, 3.63) is 69.8 Å². The van der Waals surface area contributed by atoms with E-state index in [-0.39, 0.29) is 34.6 Å². The van der Waals surface area contributed by atoms with Crippen LogP contribution in [-0.4, -0.2) is 71.7 Å². The van der Waals surface area contributed by atoms with Crippen LogP contribution in [0.15, 0.2) is 47.4 Å². The van der Waals surface area contributed by atoms with Gasteiger partial charge in [0, 0.05) is 16.8 Å². The molecule has 0 saturated heterocycles. The van der Waals surface area contributed by atoms with E-state index in [1.54, 1.807) is 12.1 Å². The van der Waals surface area contributed by atoms with Crippen LogP contribution in [0.2, 0.25) is 5.02 Å². The Morgan fingerprint density at radius 1 is 1.16 bits per heavy atom. The molecule has 3 heterocycles. The smallest absolute Gasteiger partial charge is 0.416 e. The Labute approximate surface area is 216 Å². The van der Waals surface area contributed by atoms with E-state index in [0.29, 0.717) is 9.59 Å². The second-order valence-electron chi connectivity index (χ2n) is 7.72. The summed E-state index contributed by atoms with van der Waals surface area (Å²) in [7, 11) is 2.52. The molecule has 3 aromatic heterocycles. The van der Waals surface area contributed by atoms with Crippen molar-refractivity contribution < 1.29 is 32.5 Å². The summed E-state index contributed by atoms with van der Waals surface area (Å²) in [6.07, 6.45) is -6.38. The fraction of sp³-hybridized carbons (Fsp3) is 0.273. The summed E-state index contributed by atoms with van der Waals surface area (Å²) in [6.45, 7) is -1.55. The Morgan fingerprint density at radius 3 is 2.50 bits per heavy atom. The zero-order valence-corrected chi connectivity index (χ0v) is 20.5. The van der Waals surface area contributed by atoms with Gasteiger partial charge >= 0.3 is 17.8 Å². The third-order valence-corrected chi connectivity index (χ3v) is 5.49. The minimum Gasteiger partial charge on any atom is -0.493 e. The van der Waals surface area contributed by atoms with E-state index in [9.17, 15) is 27.9 Å². The molecule has 0 unspecified atom stereocenters. The van der Waals surface area contributed by atoms with Crippen molar-refractivity contribution >= 4 is 17.6 Å². The molecule has 1 aromatic carbocycles. The van der Waals surface area contributed by atoms with Crippen LogP contribution in [0.4, 0.5) is 13.2 Å². The van der Waals surface area contributed by atoms with Crippen molar-refractivity contribution in [2.45, 2.75) is 25.4 Å². The predicted molar refractivity (Wildman–Crippen MR) is 125 cm³/mol. The molecule has 4 rings (SSSR count). The number of aromatic nitrogens is 7. The van der Waals surface area contributed by atoms with Crippen molar-refractivity contribution in [2.24, 2.45) is 0 Å². The molecule has 0 aliphatic carbocycles. The van der Waals surface area contributed by atoms with Crippen molar-refractivity contribution in [3.8, 4) is 23.0 Å².